The Morgan fingerprint density at radius 1 is 1.30 bits per heavy atom. The van der Waals surface area contributed by atoms with E-state index in [1.807, 2.05) is 10.8 Å². The van der Waals surface area contributed by atoms with Crippen molar-refractivity contribution >= 4 is 5.69 Å². The van der Waals surface area contributed by atoms with E-state index in [-0.39, 0.29) is 6.04 Å². The van der Waals surface area contributed by atoms with E-state index in [2.05, 4.69) is 15.3 Å². The maximum Gasteiger partial charge on any atom is 0.433 e. The fourth-order valence-corrected chi connectivity index (χ4v) is 2.98. The van der Waals surface area contributed by atoms with E-state index < -0.39 is 18.0 Å². The van der Waals surface area contributed by atoms with Gasteiger partial charge in [-0.05, 0) is 30.9 Å². The second kappa shape index (κ2) is 6.19. The molecule has 23 heavy (non-hydrogen) atoms. The topological polar surface area (TPSA) is 63.0 Å². The average molecular weight is 326 g/mol. The number of aliphatic hydroxyl groups is 1. The maximum atomic E-state index is 12.5. The van der Waals surface area contributed by atoms with Crippen molar-refractivity contribution in [2.75, 3.05) is 5.32 Å². The molecule has 0 spiro atoms. The summed E-state index contributed by atoms with van der Waals surface area (Å²) in [6, 6.07) is 2.08. The van der Waals surface area contributed by atoms with Crippen LogP contribution in [-0.4, -0.2) is 31.8 Å². The molecular formula is C15H17F3N4O. The molecule has 8 heteroatoms. The van der Waals surface area contributed by atoms with Crippen LogP contribution in [0.2, 0.25) is 0 Å². The van der Waals surface area contributed by atoms with Crippen LogP contribution in [-0.2, 0) is 12.7 Å². The lowest BCUT2D eigenvalue weighted by Crippen LogP contribution is -2.28. The summed E-state index contributed by atoms with van der Waals surface area (Å²) in [4.78, 5) is 7.40. The summed E-state index contributed by atoms with van der Waals surface area (Å²) in [6.07, 6.45) is 2.85. The molecule has 1 fully saturated rings. The molecule has 2 heterocycles. The Hall–Kier alpha value is -2.09. The number of rotatable bonds is 4. The lowest BCUT2D eigenvalue weighted by molar-refractivity contribution is -0.141. The van der Waals surface area contributed by atoms with Crippen molar-refractivity contribution in [2.24, 2.45) is 5.92 Å². The van der Waals surface area contributed by atoms with Crippen LogP contribution in [0.15, 0.2) is 37.1 Å². The molecule has 0 aromatic carbocycles. The number of pyridine rings is 1. The fourth-order valence-electron chi connectivity index (χ4n) is 2.98. The highest BCUT2D eigenvalue weighted by Crippen LogP contribution is 2.31. The van der Waals surface area contributed by atoms with Gasteiger partial charge in [-0.25, -0.2) is 9.97 Å². The van der Waals surface area contributed by atoms with Gasteiger partial charge in [-0.2, -0.15) is 13.2 Å². The SMILES string of the molecule is O[C@@H]1CC(Cn2ccnc2)C[C@H]1Nc1ccc(C(F)(F)F)nc1. The molecule has 3 rings (SSSR count). The highest BCUT2D eigenvalue weighted by molar-refractivity contribution is 5.43. The summed E-state index contributed by atoms with van der Waals surface area (Å²) in [5.74, 6) is 0.291. The van der Waals surface area contributed by atoms with Gasteiger partial charge in [0.25, 0.3) is 0 Å². The van der Waals surface area contributed by atoms with E-state index in [1.165, 1.54) is 6.07 Å². The molecule has 2 aromatic rings. The molecule has 5 nitrogen and oxygen atoms in total. The van der Waals surface area contributed by atoms with Crippen LogP contribution in [0.1, 0.15) is 18.5 Å². The van der Waals surface area contributed by atoms with E-state index in [9.17, 15) is 18.3 Å². The number of alkyl halides is 3. The summed E-state index contributed by atoms with van der Waals surface area (Å²) in [7, 11) is 0. The standard InChI is InChI=1S/C15H17F3N4O/c16-15(17,18)14-2-1-11(7-20-14)21-12-5-10(6-13(12)23)8-22-4-3-19-9-22/h1-4,7,9-10,12-13,21,23H,5-6,8H2/t10?,12-,13-/m1/s1. The normalized spacial score (nSPS) is 24.8. The van der Waals surface area contributed by atoms with Crippen molar-refractivity contribution in [3.63, 3.8) is 0 Å². The molecule has 0 bridgehead atoms. The number of anilines is 1. The maximum absolute atomic E-state index is 12.5. The Morgan fingerprint density at radius 3 is 2.74 bits per heavy atom. The third kappa shape index (κ3) is 3.82. The van der Waals surface area contributed by atoms with Crippen LogP contribution in [0.5, 0.6) is 0 Å². The first kappa shape index (κ1) is 15.8. The van der Waals surface area contributed by atoms with Crippen molar-refractivity contribution in [1.29, 1.82) is 0 Å². The Labute approximate surface area is 131 Å². The number of hydrogen-bond acceptors (Lipinski definition) is 4. The van der Waals surface area contributed by atoms with Crippen LogP contribution in [0.25, 0.3) is 0 Å². The molecular weight excluding hydrogens is 309 g/mol. The van der Waals surface area contributed by atoms with Crippen LogP contribution >= 0.6 is 0 Å². The number of hydrogen-bond donors (Lipinski definition) is 2. The summed E-state index contributed by atoms with van der Waals surface area (Å²) >= 11 is 0. The van der Waals surface area contributed by atoms with Crippen LogP contribution in [0.4, 0.5) is 18.9 Å². The van der Waals surface area contributed by atoms with Gasteiger partial charge in [0.2, 0.25) is 0 Å². The Balaban J connectivity index is 1.59. The van der Waals surface area contributed by atoms with Gasteiger partial charge in [-0.1, -0.05) is 0 Å². The molecule has 0 amide bonds. The van der Waals surface area contributed by atoms with Crippen LogP contribution < -0.4 is 5.32 Å². The van der Waals surface area contributed by atoms with E-state index in [0.717, 1.165) is 25.2 Å². The summed E-state index contributed by atoms with van der Waals surface area (Å²) in [6.45, 7) is 0.764. The third-order valence-electron chi connectivity index (χ3n) is 4.06. The molecule has 2 aromatic heterocycles. The molecule has 1 aliphatic rings. The molecule has 2 N–H and O–H groups in total. The summed E-state index contributed by atoms with van der Waals surface area (Å²) < 4.78 is 39.4. The second-order valence-electron chi connectivity index (χ2n) is 5.84. The molecule has 0 saturated heterocycles. The first-order chi connectivity index (χ1) is 10.9. The van der Waals surface area contributed by atoms with Crippen molar-refractivity contribution < 1.29 is 18.3 Å². The van der Waals surface area contributed by atoms with Gasteiger partial charge in [-0.15, -0.1) is 0 Å². The number of halogens is 3. The van der Waals surface area contributed by atoms with Crippen molar-refractivity contribution in [3.05, 3.63) is 42.7 Å². The number of nitrogens with one attached hydrogen (secondary N) is 1. The third-order valence-corrected chi connectivity index (χ3v) is 4.06. The van der Waals surface area contributed by atoms with E-state index in [0.29, 0.717) is 18.0 Å². The van der Waals surface area contributed by atoms with E-state index >= 15 is 0 Å². The minimum Gasteiger partial charge on any atom is -0.391 e. The monoisotopic (exact) mass is 326 g/mol. The quantitative estimate of drug-likeness (QED) is 0.906. The number of aliphatic hydroxyl groups excluding tert-OH is 1. The predicted octanol–water partition coefficient (Wildman–Crippen LogP) is 2.55. The number of nitrogens with zero attached hydrogens (tertiary/aromatic N) is 3. The largest absolute Gasteiger partial charge is 0.433 e. The molecule has 1 unspecified atom stereocenters. The minimum atomic E-state index is -4.44. The van der Waals surface area contributed by atoms with Gasteiger partial charge >= 0.3 is 6.18 Å². The first-order valence-electron chi connectivity index (χ1n) is 7.35. The summed E-state index contributed by atoms with van der Waals surface area (Å²) in [5, 5.41) is 13.2. The van der Waals surface area contributed by atoms with Crippen LogP contribution in [0, 0.1) is 5.92 Å². The molecule has 0 aliphatic heterocycles. The highest BCUT2D eigenvalue weighted by atomic mass is 19.4. The highest BCUT2D eigenvalue weighted by Gasteiger charge is 2.34. The lowest BCUT2D eigenvalue weighted by atomic mass is 10.1. The van der Waals surface area contributed by atoms with Gasteiger partial charge in [0.1, 0.15) is 5.69 Å². The Kier molecular flexibility index (Phi) is 4.25. The van der Waals surface area contributed by atoms with E-state index in [4.69, 9.17) is 0 Å². The van der Waals surface area contributed by atoms with Crippen molar-refractivity contribution in [2.45, 2.75) is 37.7 Å². The Morgan fingerprint density at radius 2 is 2.13 bits per heavy atom. The second-order valence-corrected chi connectivity index (χ2v) is 5.84. The van der Waals surface area contributed by atoms with Crippen molar-refractivity contribution in [3.8, 4) is 0 Å². The van der Waals surface area contributed by atoms with Crippen LogP contribution in [0.3, 0.4) is 0 Å². The predicted molar refractivity (Wildman–Crippen MR) is 77.6 cm³/mol. The Bertz CT molecular complexity index is 627. The molecule has 0 radical (unpaired) electrons. The number of aromatic nitrogens is 3. The van der Waals surface area contributed by atoms with Gasteiger partial charge in [0.05, 0.1) is 30.4 Å². The molecule has 124 valence electrons. The average Bonchev–Trinajstić information content (AvgIpc) is 3.10. The zero-order valence-electron chi connectivity index (χ0n) is 12.2. The fraction of sp³-hybridized carbons (Fsp3) is 0.467. The smallest absolute Gasteiger partial charge is 0.391 e. The van der Waals surface area contributed by atoms with Gasteiger partial charge < -0.3 is 15.0 Å². The molecule has 3 atom stereocenters. The number of imidazole rings is 1. The summed E-state index contributed by atoms with van der Waals surface area (Å²) in [5.41, 5.74) is -0.446. The van der Waals surface area contributed by atoms with E-state index in [1.54, 1.807) is 12.5 Å². The molecule has 1 aliphatic carbocycles. The van der Waals surface area contributed by atoms with Gasteiger partial charge in [0.15, 0.2) is 0 Å². The minimum absolute atomic E-state index is 0.193. The zero-order valence-corrected chi connectivity index (χ0v) is 12.2. The van der Waals surface area contributed by atoms with Gasteiger partial charge in [0, 0.05) is 18.9 Å². The van der Waals surface area contributed by atoms with Gasteiger partial charge in [-0.3, -0.25) is 0 Å². The first-order valence-corrected chi connectivity index (χ1v) is 7.35. The zero-order chi connectivity index (χ0) is 16.4. The molecule has 1 saturated carbocycles. The van der Waals surface area contributed by atoms with Crippen molar-refractivity contribution in [1.82, 2.24) is 14.5 Å². The lowest BCUT2D eigenvalue weighted by Gasteiger charge is -2.18.